The maximum atomic E-state index is 12.9. The molecule has 3 aromatic rings. The Hall–Kier alpha value is -2.19. The SMILES string of the molecule is Cc1ccc(NS(=O)(=O)c2cc(C(=O)NCCSCc3ccc(Cl)cc3)ccc2Cl)cc1C. The van der Waals surface area contributed by atoms with Crippen molar-refractivity contribution in [2.75, 3.05) is 17.0 Å². The zero-order valence-corrected chi connectivity index (χ0v) is 21.3. The predicted octanol–water partition coefficient (Wildman–Crippen LogP) is 6.07. The minimum Gasteiger partial charge on any atom is -0.351 e. The number of amides is 1. The second-order valence-electron chi connectivity index (χ2n) is 7.48. The van der Waals surface area contributed by atoms with Crippen LogP contribution in [0.3, 0.4) is 0 Å². The van der Waals surface area contributed by atoms with Gasteiger partial charge in [0.2, 0.25) is 0 Å². The highest BCUT2D eigenvalue weighted by Gasteiger charge is 2.20. The van der Waals surface area contributed by atoms with Gasteiger partial charge in [-0.3, -0.25) is 9.52 Å². The molecule has 2 N–H and O–H groups in total. The molecule has 0 bridgehead atoms. The third-order valence-electron chi connectivity index (χ3n) is 4.96. The molecule has 3 aromatic carbocycles. The number of carbonyl (C=O) groups is 1. The van der Waals surface area contributed by atoms with Crippen LogP contribution in [0.5, 0.6) is 0 Å². The van der Waals surface area contributed by atoms with Crippen molar-refractivity contribution in [3.05, 3.63) is 93.0 Å². The molecule has 9 heteroatoms. The van der Waals surface area contributed by atoms with E-state index in [-0.39, 0.29) is 21.4 Å². The van der Waals surface area contributed by atoms with Crippen LogP contribution in [0.1, 0.15) is 27.0 Å². The highest BCUT2D eigenvalue weighted by molar-refractivity contribution is 7.98. The number of thioether (sulfide) groups is 1. The van der Waals surface area contributed by atoms with Gasteiger partial charge < -0.3 is 5.32 Å². The fourth-order valence-electron chi connectivity index (χ4n) is 2.98. The van der Waals surface area contributed by atoms with Crippen molar-refractivity contribution in [3.8, 4) is 0 Å². The van der Waals surface area contributed by atoms with E-state index in [1.165, 1.54) is 18.2 Å². The summed E-state index contributed by atoms with van der Waals surface area (Å²) in [4.78, 5) is 12.4. The molecule has 3 rings (SSSR count). The summed E-state index contributed by atoms with van der Waals surface area (Å²) in [5.41, 5.74) is 3.83. The average Bonchev–Trinajstić information content (AvgIpc) is 2.77. The van der Waals surface area contributed by atoms with Crippen molar-refractivity contribution in [1.29, 1.82) is 0 Å². The third-order valence-corrected chi connectivity index (χ3v) is 8.10. The van der Waals surface area contributed by atoms with Crippen molar-refractivity contribution < 1.29 is 13.2 Å². The first-order chi connectivity index (χ1) is 15.7. The molecule has 33 heavy (non-hydrogen) atoms. The Morgan fingerprint density at radius 2 is 1.67 bits per heavy atom. The maximum Gasteiger partial charge on any atom is 0.263 e. The van der Waals surface area contributed by atoms with E-state index in [1.807, 2.05) is 44.2 Å². The smallest absolute Gasteiger partial charge is 0.263 e. The molecule has 174 valence electrons. The molecule has 0 saturated heterocycles. The number of halogens is 2. The molecule has 0 spiro atoms. The van der Waals surface area contributed by atoms with E-state index in [0.717, 1.165) is 22.4 Å². The predicted molar refractivity (Wildman–Crippen MR) is 138 cm³/mol. The normalized spacial score (nSPS) is 11.3. The topological polar surface area (TPSA) is 75.3 Å². The van der Waals surface area contributed by atoms with Gasteiger partial charge in [-0.15, -0.1) is 0 Å². The van der Waals surface area contributed by atoms with E-state index in [4.69, 9.17) is 23.2 Å². The Kier molecular flexibility index (Phi) is 8.70. The van der Waals surface area contributed by atoms with E-state index in [0.29, 0.717) is 23.0 Å². The van der Waals surface area contributed by atoms with Crippen LogP contribution < -0.4 is 10.0 Å². The summed E-state index contributed by atoms with van der Waals surface area (Å²) in [6.07, 6.45) is 0. The van der Waals surface area contributed by atoms with Gasteiger partial charge in [-0.05, 0) is 73.0 Å². The molecule has 0 aliphatic carbocycles. The van der Waals surface area contributed by atoms with Crippen molar-refractivity contribution in [2.45, 2.75) is 24.5 Å². The second kappa shape index (κ2) is 11.3. The molecule has 0 atom stereocenters. The summed E-state index contributed by atoms with van der Waals surface area (Å²) in [6.45, 7) is 4.30. The molecule has 0 aromatic heterocycles. The zero-order chi connectivity index (χ0) is 24.0. The largest absolute Gasteiger partial charge is 0.351 e. The van der Waals surface area contributed by atoms with Gasteiger partial charge in [-0.25, -0.2) is 8.42 Å². The van der Waals surface area contributed by atoms with Crippen LogP contribution in [0.4, 0.5) is 5.69 Å². The van der Waals surface area contributed by atoms with Crippen molar-refractivity contribution >= 4 is 56.6 Å². The van der Waals surface area contributed by atoms with Gasteiger partial charge in [0.25, 0.3) is 15.9 Å². The number of hydrogen-bond acceptors (Lipinski definition) is 4. The number of carbonyl (C=O) groups excluding carboxylic acids is 1. The van der Waals surface area contributed by atoms with Gasteiger partial charge in [-0.1, -0.05) is 41.4 Å². The number of anilines is 1. The van der Waals surface area contributed by atoms with Gasteiger partial charge in [0, 0.05) is 34.3 Å². The first-order valence-electron chi connectivity index (χ1n) is 10.2. The molecular formula is C24H24Cl2N2O3S2. The molecule has 0 saturated carbocycles. The highest BCUT2D eigenvalue weighted by Crippen LogP contribution is 2.26. The Labute approximate surface area is 208 Å². The number of rotatable bonds is 9. The lowest BCUT2D eigenvalue weighted by molar-refractivity contribution is 0.0956. The molecule has 5 nitrogen and oxygen atoms in total. The summed E-state index contributed by atoms with van der Waals surface area (Å²) < 4.78 is 28.4. The van der Waals surface area contributed by atoms with Crippen LogP contribution in [0.25, 0.3) is 0 Å². The Bertz CT molecular complexity index is 1250. The summed E-state index contributed by atoms with van der Waals surface area (Å²) >= 11 is 13.7. The van der Waals surface area contributed by atoms with E-state index in [9.17, 15) is 13.2 Å². The Balaban J connectivity index is 1.60. The van der Waals surface area contributed by atoms with Crippen molar-refractivity contribution in [1.82, 2.24) is 5.32 Å². The van der Waals surface area contributed by atoms with E-state index >= 15 is 0 Å². The zero-order valence-electron chi connectivity index (χ0n) is 18.2. The highest BCUT2D eigenvalue weighted by atomic mass is 35.5. The summed E-state index contributed by atoms with van der Waals surface area (Å²) in [6, 6.07) is 17.1. The van der Waals surface area contributed by atoms with E-state index in [2.05, 4.69) is 10.0 Å². The minimum atomic E-state index is -3.97. The van der Waals surface area contributed by atoms with Crippen molar-refractivity contribution in [2.24, 2.45) is 0 Å². The fraction of sp³-hybridized carbons (Fsp3) is 0.208. The molecule has 0 fully saturated rings. The summed E-state index contributed by atoms with van der Waals surface area (Å²) in [7, 11) is -3.97. The summed E-state index contributed by atoms with van der Waals surface area (Å²) in [5, 5.41) is 3.56. The number of benzene rings is 3. The van der Waals surface area contributed by atoms with Gasteiger partial charge in [0.15, 0.2) is 0 Å². The van der Waals surface area contributed by atoms with E-state index < -0.39 is 10.0 Å². The Morgan fingerprint density at radius 1 is 0.939 bits per heavy atom. The Morgan fingerprint density at radius 3 is 2.36 bits per heavy atom. The quantitative estimate of drug-likeness (QED) is 0.334. The third kappa shape index (κ3) is 7.14. The lowest BCUT2D eigenvalue weighted by Crippen LogP contribution is -2.26. The molecule has 0 aliphatic heterocycles. The lowest BCUT2D eigenvalue weighted by atomic mass is 10.1. The van der Waals surface area contributed by atoms with Crippen molar-refractivity contribution in [3.63, 3.8) is 0 Å². The number of nitrogens with one attached hydrogen (secondary N) is 2. The van der Waals surface area contributed by atoms with Crippen LogP contribution in [0, 0.1) is 13.8 Å². The van der Waals surface area contributed by atoms with Crippen LogP contribution >= 0.6 is 35.0 Å². The first-order valence-corrected chi connectivity index (χ1v) is 13.5. The standard InChI is InChI=1S/C24H24Cl2N2O3S2/c1-16-3-9-21(13-17(16)2)28-33(30,31)23-14-19(6-10-22(23)26)24(29)27-11-12-32-15-18-4-7-20(25)8-5-18/h3-10,13-14,28H,11-12,15H2,1-2H3,(H,27,29). The maximum absolute atomic E-state index is 12.9. The van der Waals surface area contributed by atoms with Gasteiger partial charge >= 0.3 is 0 Å². The number of hydrogen-bond donors (Lipinski definition) is 2. The van der Waals surface area contributed by atoms with Crippen LogP contribution in [-0.2, 0) is 15.8 Å². The second-order valence-corrected chi connectivity index (χ2v) is 11.1. The molecular weight excluding hydrogens is 499 g/mol. The van der Waals surface area contributed by atoms with Gasteiger partial charge in [-0.2, -0.15) is 11.8 Å². The number of aryl methyl sites for hydroxylation is 2. The molecule has 1 amide bonds. The molecule has 0 unspecified atom stereocenters. The number of sulfonamides is 1. The molecule has 0 aliphatic rings. The first kappa shape index (κ1) is 25.4. The average molecular weight is 524 g/mol. The molecule has 0 heterocycles. The van der Waals surface area contributed by atoms with Gasteiger partial charge in [0.05, 0.1) is 5.02 Å². The fourth-order valence-corrected chi connectivity index (χ4v) is 5.50. The van der Waals surface area contributed by atoms with Gasteiger partial charge in [0.1, 0.15) is 4.90 Å². The van der Waals surface area contributed by atoms with Crippen LogP contribution in [0.15, 0.2) is 65.6 Å². The monoisotopic (exact) mass is 522 g/mol. The summed E-state index contributed by atoms with van der Waals surface area (Å²) in [5.74, 6) is 1.16. The van der Waals surface area contributed by atoms with Crippen LogP contribution in [0.2, 0.25) is 10.0 Å². The minimum absolute atomic E-state index is 0.0430. The van der Waals surface area contributed by atoms with E-state index in [1.54, 1.807) is 23.9 Å². The lowest BCUT2D eigenvalue weighted by Gasteiger charge is -2.12. The molecule has 0 radical (unpaired) electrons. The van der Waals surface area contributed by atoms with Crippen LogP contribution in [-0.4, -0.2) is 26.6 Å².